The van der Waals surface area contributed by atoms with Crippen molar-refractivity contribution in [3.63, 3.8) is 0 Å². The van der Waals surface area contributed by atoms with E-state index in [2.05, 4.69) is 27.3 Å². The summed E-state index contributed by atoms with van der Waals surface area (Å²) < 4.78 is 12.0. The zero-order chi connectivity index (χ0) is 17.6. The Morgan fingerprint density at radius 2 is 2.20 bits per heavy atom. The molecule has 1 amide bonds. The minimum atomic E-state index is -0.283. The zero-order valence-corrected chi connectivity index (χ0v) is 15.1. The molecule has 1 aliphatic heterocycles. The van der Waals surface area contributed by atoms with Crippen molar-refractivity contribution in [2.45, 2.75) is 18.9 Å². The molecule has 0 spiro atoms. The van der Waals surface area contributed by atoms with E-state index in [0.717, 1.165) is 19.4 Å². The Morgan fingerprint density at radius 3 is 2.92 bits per heavy atom. The number of halogens is 1. The number of hydrogen-bond donors (Lipinski definition) is 1. The highest BCUT2D eigenvalue weighted by molar-refractivity contribution is 9.10. The number of para-hydroxylation sites is 1. The topological polar surface area (TPSA) is 71.4 Å². The molecule has 3 rings (SSSR count). The summed E-state index contributed by atoms with van der Waals surface area (Å²) >= 11 is 3.44. The molecule has 1 atom stereocenters. The molecule has 1 heterocycles. The third kappa shape index (κ3) is 4.38. The second kappa shape index (κ2) is 8.15. The second-order valence-corrected chi connectivity index (χ2v) is 6.56. The van der Waals surface area contributed by atoms with Gasteiger partial charge >= 0.3 is 0 Å². The van der Waals surface area contributed by atoms with Crippen molar-refractivity contribution in [2.75, 3.05) is 18.5 Å². The Labute approximate surface area is 154 Å². The molecule has 1 fully saturated rings. The molecule has 0 aromatic heterocycles. The summed E-state index contributed by atoms with van der Waals surface area (Å²) in [7, 11) is 0. The molecule has 6 heteroatoms. The Balaban J connectivity index is 1.67. The fourth-order valence-corrected chi connectivity index (χ4v) is 3.09. The van der Waals surface area contributed by atoms with Gasteiger partial charge in [-0.05, 0) is 59.1 Å². The normalized spacial score (nSPS) is 16.2. The van der Waals surface area contributed by atoms with Crippen LogP contribution in [0, 0.1) is 11.3 Å². The summed E-state index contributed by atoms with van der Waals surface area (Å²) in [5.74, 6) is 0.388. The summed E-state index contributed by atoms with van der Waals surface area (Å²) in [5.41, 5.74) is 1.39. The van der Waals surface area contributed by atoms with E-state index in [0.29, 0.717) is 33.6 Å². The first-order valence-electron chi connectivity index (χ1n) is 8.02. The molecule has 25 heavy (non-hydrogen) atoms. The van der Waals surface area contributed by atoms with Gasteiger partial charge in [-0.15, -0.1) is 0 Å². The van der Waals surface area contributed by atoms with Crippen LogP contribution in [0.15, 0.2) is 46.9 Å². The van der Waals surface area contributed by atoms with Crippen molar-refractivity contribution in [2.24, 2.45) is 0 Å². The largest absolute Gasteiger partial charge is 0.490 e. The van der Waals surface area contributed by atoms with Gasteiger partial charge in [0.25, 0.3) is 5.91 Å². The van der Waals surface area contributed by atoms with Gasteiger partial charge in [0.1, 0.15) is 18.4 Å². The number of carbonyl (C=O) groups is 1. The van der Waals surface area contributed by atoms with Gasteiger partial charge in [0.2, 0.25) is 0 Å². The van der Waals surface area contributed by atoms with Crippen LogP contribution in [0.3, 0.4) is 0 Å². The van der Waals surface area contributed by atoms with E-state index in [1.807, 2.05) is 0 Å². The highest BCUT2D eigenvalue weighted by Crippen LogP contribution is 2.27. The number of nitrogens with one attached hydrogen (secondary N) is 1. The number of nitriles is 1. The van der Waals surface area contributed by atoms with Crippen molar-refractivity contribution in [3.05, 3.63) is 58.1 Å². The van der Waals surface area contributed by atoms with Crippen LogP contribution in [0.4, 0.5) is 5.69 Å². The zero-order valence-electron chi connectivity index (χ0n) is 13.5. The van der Waals surface area contributed by atoms with Crippen LogP contribution in [0.2, 0.25) is 0 Å². The Hall–Kier alpha value is -2.36. The Bertz CT molecular complexity index is 811. The van der Waals surface area contributed by atoms with Gasteiger partial charge in [-0.2, -0.15) is 5.26 Å². The lowest BCUT2D eigenvalue weighted by Crippen LogP contribution is -2.17. The smallest absolute Gasteiger partial charge is 0.255 e. The lowest BCUT2D eigenvalue weighted by molar-refractivity contribution is 0.0677. The van der Waals surface area contributed by atoms with E-state index in [4.69, 9.17) is 14.7 Å². The standard InChI is InChI=1S/C19H17BrN2O3/c20-16-10-13(7-8-18(16)25-12-15-5-3-9-24-15)19(23)22-17-6-2-1-4-14(17)11-21/h1-2,4,6-8,10,15H,3,5,9,12H2,(H,22,23). The maximum absolute atomic E-state index is 12.4. The number of hydrogen-bond acceptors (Lipinski definition) is 4. The average Bonchev–Trinajstić information content (AvgIpc) is 3.14. The lowest BCUT2D eigenvalue weighted by Gasteiger charge is -2.13. The number of anilines is 1. The highest BCUT2D eigenvalue weighted by Gasteiger charge is 2.17. The first kappa shape index (κ1) is 17.5. The van der Waals surface area contributed by atoms with Crippen LogP contribution in [-0.4, -0.2) is 25.2 Å². The van der Waals surface area contributed by atoms with Gasteiger partial charge in [0.15, 0.2) is 0 Å². The summed E-state index contributed by atoms with van der Waals surface area (Å²) in [5, 5.41) is 11.9. The predicted molar refractivity (Wildman–Crippen MR) is 97.7 cm³/mol. The van der Waals surface area contributed by atoms with E-state index in [-0.39, 0.29) is 12.0 Å². The van der Waals surface area contributed by atoms with Gasteiger partial charge in [0, 0.05) is 12.2 Å². The van der Waals surface area contributed by atoms with E-state index >= 15 is 0 Å². The summed E-state index contributed by atoms with van der Waals surface area (Å²) in [6.45, 7) is 1.29. The molecule has 1 N–H and O–H groups in total. The van der Waals surface area contributed by atoms with Crippen molar-refractivity contribution in [1.82, 2.24) is 0 Å². The minimum Gasteiger partial charge on any atom is -0.490 e. The Kier molecular flexibility index (Phi) is 5.69. The van der Waals surface area contributed by atoms with Crippen molar-refractivity contribution in [3.8, 4) is 11.8 Å². The molecule has 2 aromatic rings. The molecule has 1 saturated heterocycles. The number of amides is 1. The third-order valence-electron chi connectivity index (χ3n) is 3.94. The van der Waals surface area contributed by atoms with Crippen LogP contribution in [0.5, 0.6) is 5.75 Å². The molecule has 128 valence electrons. The molecule has 2 aromatic carbocycles. The molecular formula is C19H17BrN2O3. The van der Waals surface area contributed by atoms with Crippen LogP contribution in [-0.2, 0) is 4.74 Å². The summed E-state index contributed by atoms with van der Waals surface area (Å²) in [4.78, 5) is 12.4. The molecule has 0 bridgehead atoms. The minimum absolute atomic E-state index is 0.136. The molecule has 1 unspecified atom stereocenters. The Morgan fingerprint density at radius 1 is 1.36 bits per heavy atom. The lowest BCUT2D eigenvalue weighted by atomic mass is 10.1. The first-order chi connectivity index (χ1) is 12.2. The van der Waals surface area contributed by atoms with Crippen LogP contribution >= 0.6 is 15.9 Å². The quantitative estimate of drug-likeness (QED) is 0.818. The fourth-order valence-electron chi connectivity index (χ4n) is 2.60. The van der Waals surface area contributed by atoms with E-state index in [1.54, 1.807) is 42.5 Å². The van der Waals surface area contributed by atoms with Crippen LogP contribution in [0.1, 0.15) is 28.8 Å². The molecule has 5 nitrogen and oxygen atoms in total. The predicted octanol–water partition coefficient (Wildman–Crippen LogP) is 4.13. The van der Waals surface area contributed by atoms with Gasteiger partial charge in [-0.3, -0.25) is 4.79 Å². The van der Waals surface area contributed by atoms with E-state index in [9.17, 15) is 4.79 Å². The van der Waals surface area contributed by atoms with Gasteiger partial charge in [-0.1, -0.05) is 12.1 Å². The maximum atomic E-state index is 12.4. The highest BCUT2D eigenvalue weighted by atomic mass is 79.9. The van der Waals surface area contributed by atoms with Crippen molar-refractivity contribution < 1.29 is 14.3 Å². The second-order valence-electron chi connectivity index (χ2n) is 5.70. The van der Waals surface area contributed by atoms with E-state index in [1.165, 1.54) is 0 Å². The average molecular weight is 401 g/mol. The van der Waals surface area contributed by atoms with Gasteiger partial charge in [-0.25, -0.2) is 0 Å². The first-order valence-corrected chi connectivity index (χ1v) is 8.81. The SMILES string of the molecule is N#Cc1ccccc1NC(=O)c1ccc(OCC2CCCO2)c(Br)c1. The maximum Gasteiger partial charge on any atom is 0.255 e. The van der Waals surface area contributed by atoms with Crippen molar-refractivity contribution >= 4 is 27.5 Å². The van der Waals surface area contributed by atoms with Gasteiger partial charge in [0.05, 0.1) is 21.8 Å². The van der Waals surface area contributed by atoms with Crippen LogP contribution in [0.25, 0.3) is 0 Å². The van der Waals surface area contributed by atoms with Crippen LogP contribution < -0.4 is 10.1 Å². The number of ether oxygens (including phenoxy) is 2. The number of nitrogens with zero attached hydrogens (tertiary/aromatic N) is 1. The van der Waals surface area contributed by atoms with E-state index < -0.39 is 0 Å². The number of rotatable bonds is 5. The summed E-state index contributed by atoms with van der Waals surface area (Å²) in [6, 6.07) is 14.1. The van der Waals surface area contributed by atoms with Crippen molar-refractivity contribution in [1.29, 1.82) is 5.26 Å². The fraction of sp³-hybridized carbons (Fsp3) is 0.263. The molecule has 0 radical (unpaired) electrons. The third-order valence-corrected chi connectivity index (χ3v) is 4.56. The molecule has 0 saturated carbocycles. The monoisotopic (exact) mass is 400 g/mol. The number of benzene rings is 2. The molecule has 0 aliphatic carbocycles. The summed E-state index contributed by atoms with van der Waals surface area (Å²) in [6.07, 6.45) is 2.21. The number of carbonyl (C=O) groups excluding carboxylic acids is 1. The van der Waals surface area contributed by atoms with Gasteiger partial charge < -0.3 is 14.8 Å². The molecule has 1 aliphatic rings. The molecular weight excluding hydrogens is 384 g/mol.